The number of nitrogens with one attached hydrogen (secondary N) is 1. The zero-order valence-electron chi connectivity index (χ0n) is 12.7. The van der Waals surface area contributed by atoms with E-state index >= 15 is 0 Å². The van der Waals surface area contributed by atoms with Crippen LogP contribution in [0.25, 0.3) is 0 Å². The fourth-order valence-electron chi connectivity index (χ4n) is 2.07. The second-order valence-electron chi connectivity index (χ2n) is 4.83. The van der Waals surface area contributed by atoms with Crippen molar-refractivity contribution < 1.29 is 19.4 Å². The second kappa shape index (κ2) is 10.7. The molecule has 0 bridgehead atoms. The van der Waals surface area contributed by atoms with Gasteiger partial charge in [0.15, 0.2) is 6.04 Å². The van der Waals surface area contributed by atoms with Crippen LogP contribution >= 0.6 is 0 Å². The topological polar surface area (TPSA) is 88.0 Å². The Morgan fingerprint density at radius 2 is 2.14 bits per heavy atom. The maximum atomic E-state index is 11.3. The molecule has 120 valence electrons. The van der Waals surface area contributed by atoms with E-state index in [9.17, 15) is 14.7 Å². The van der Waals surface area contributed by atoms with Gasteiger partial charge in [-0.2, -0.15) is 4.99 Å². The van der Waals surface area contributed by atoms with Crippen molar-refractivity contribution in [2.24, 2.45) is 4.99 Å². The van der Waals surface area contributed by atoms with Gasteiger partial charge in [0.25, 0.3) is 0 Å². The summed E-state index contributed by atoms with van der Waals surface area (Å²) in [6.07, 6.45) is 1.92. The molecule has 0 aliphatic carbocycles. The Morgan fingerprint density at radius 1 is 1.41 bits per heavy atom. The molecule has 22 heavy (non-hydrogen) atoms. The summed E-state index contributed by atoms with van der Waals surface area (Å²) < 4.78 is 5.70. The van der Waals surface area contributed by atoms with Gasteiger partial charge in [0.05, 0.1) is 12.7 Å². The molecule has 0 aliphatic rings. The molecule has 1 unspecified atom stereocenters. The van der Waals surface area contributed by atoms with Crippen molar-refractivity contribution in [3.05, 3.63) is 35.9 Å². The minimum absolute atomic E-state index is 0.283. The molecule has 0 radical (unpaired) electrons. The van der Waals surface area contributed by atoms with E-state index in [-0.39, 0.29) is 6.61 Å². The number of rotatable bonds is 11. The highest BCUT2D eigenvalue weighted by Gasteiger charge is 2.28. The Balaban J connectivity index is 2.67. The molecule has 0 fully saturated rings. The Labute approximate surface area is 130 Å². The lowest BCUT2D eigenvalue weighted by molar-refractivity contribution is -0.142. The fraction of sp³-hybridized carbons (Fsp3) is 0.500. The van der Waals surface area contributed by atoms with E-state index in [0.717, 1.165) is 25.1 Å². The van der Waals surface area contributed by atoms with Crippen LogP contribution in [0.15, 0.2) is 35.3 Å². The van der Waals surface area contributed by atoms with Crippen LogP contribution in [0.5, 0.6) is 0 Å². The Morgan fingerprint density at radius 3 is 2.73 bits per heavy atom. The van der Waals surface area contributed by atoms with Gasteiger partial charge in [-0.25, -0.2) is 9.59 Å². The van der Waals surface area contributed by atoms with E-state index in [4.69, 9.17) is 4.74 Å². The first-order valence-electron chi connectivity index (χ1n) is 7.35. The molecule has 1 aromatic carbocycles. The third-order valence-electron chi connectivity index (χ3n) is 3.20. The Hall–Kier alpha value is -2.01. The number of carboxylic acids is 1. The molecule has 2 N–H and O–H groups in total. The summed E-state index contributed by atoms with van der Waals surface area (Å²) in [5.74, 6) is -1.18. The normalized spacial score (nSPS) is 13.1. The SMILES string of the molecule is CCNCCC[C@H](OCc1ccccc1)C(N=C=O)C(=O)O. The first kappa shape index (κ1) is 18.0. The first-order valence-corrected chi connectivity index (χ1v) is 7.35. The van der Waals surface area contributed by atoms with Crippen molar-refractivity contribution in [1.82, 2.24) is 5.32 Å². The van der Waals surface area contributed by atoms with Gasteiger partial charge in [-0.15, -0.1) is 0 Å². The quantitative estimate of drug-likeness (QED) is 0.369. The number of isocyanates is 1. The highest BCUT2D eigenvalue weighted by Crippen LogP contribution is 2.14. The van der Waals surface area contributed by atoms with Crippen LogP contribution in [0, 0.1) is 0 Å². The monoisotopic (exact) mass is 306 g/mol. The van der Waals surface area contributed by atoms with Gasteiger partial charge in [-0.3, -0.25) is 0 Å². The predicted octanol–water partition coefficient (Wildman–Crippen LogP) is 1.75. The van der Waals surface area contributed by atoms with Gasteiger partial charge >= 0.3 is 5.97 Å². The molecular weight excluding hydrogens is 284 g/mol. The van der Waals surface area contributed by atoms with Crippen molar-refractivity contribution in [2.45, 2.75) is 38.5 Å². The van der Waals surface area contributed by atoms with Gasteiger partial charge in [-0.1, -0.05) is 37.3 Å². The van der Waals surface area contributed by atoms with Gasteiger partial charge in [0, 0.05) is 0 Å². The van der Waals surface area contributed by atoms with Crippen LogP contribution in [0.2, 0.25) is 0 Å². The third-order valence-corrected chi connectivity index (χ3v) is 3.20. The molecular formula is C16H22N2O4. The number of carboxylic acid groups (broad SMARTS) is 1. The van der Waals surface area contributed by atoms with Crippen molar-refractivity contribution in [3.8, 4) is 0 Å². The summed E-state index contributed by atoms with van der Waals surface area (Å²) in [7, 11) is 0. The zero-order valence-corrected chi connectivity index (χ0v) is 12.7. The number of hydrogen-bond donors (Lipinski definition) is 2. The maximum absolute atomic E-state index is 11.3. The van der Waals surface area contributed by atoms with E-state index < -0.39 is 18.1 Å². The second-order valence-corrected chi connectivity index (χ2v) is 4.83. The van der Waals surface area contributed by atoms with Crippen LogP contribution in [-0.4, -0.2) is 42.4 Å². The molecule has 2 atom stereocenters. The fourth-order valence-corrected chi connectivity index (χ4v) is 2.07. The number of benzene rings is 1. The Kier molecular flexibility index (Phi) is 8.76. The smallest absolute Gasteiger partial charge is 0.332 e. The number of carbonyl (C=O) groups excluding carboxylic acids is 1. The number of aliphatic imine (C=N–C) groups is 1. The Bertz CT molecular complexity index is 484. The van der Waals surface area contributed by atoms with E-state index in [1.165, 1.54) is 6.08 Å². The number of carbonyl (C=O) groups is 1. The van der Waals surface area contributed by atoms with Crippen LogP contribution in [-0.2, 0) is 20.9 Å². The minimum atomic E-state index is -1.22. The molecule has 0 spiro atoms. The number of aliphatic carboxylic acids is 1. The molecule has 6 nitrogen and oxygen atoms in total. The lowest BCUT2D eigenvalue weighted by atomic mass is 10.1. The van der Waals surface area contributed by atoms with Crippen LogP contribution in [0.4, 0.5) is 0 Å². The summed E-state index contributed by atoms with van der Waals surface area (Å²) in [6, 6.07) is 8.24. The molecule has 0 saturated heterocycles. The number of hydrogen-bond acceptors (Lipinski definition) is 5. The highest BCUT2D eigenvalue weighted by atomic mass is 16.5. The average molecular weight is 306 g/mol. The summed E-state index contributed by atoms with van der Waals surface area (Å²) in [5, 5.41) is 12.4. The van der Waals surface area contributed by atoms with Gasteiger partial charge in [0.1, 0.15) is 0 Å². The molecule has 1 aromatic rings. The van der Waals surface area contributed by atoms with Crippen LogP contribution in [0.1, 0.15) is 25.3 Å². The van der Waals surface area contributed by atoms with Crippen molar-refractivity contribution >= 4 is 12.0 Å². The zero-order chi connectivity index (χ0) is 16.2. The molecule has 0 aliphatic heterocycles. The molecule has 0 heterocycles. The molecule has 1 rings (SSSR count). The van der Waals surface area contributed by atoms with Crippen molar-refractivity contribution in [3.63, 3.8) is 0 Å². The van der Waals surface area contributed by atoms with E-state index in [2.05, 4.69) is 10.3 Å². The van der Waals surface area contributed by atoms with E-state index in [0.29, 0.717) is 6.42 Å². The molecule has 0 saturated carbocycles. The summed E-state index contributed by atoms with van der Waals surface area (Å²) >= 11 is 0. The highest BCUT2D eigenvalue weighted by molar-refractivity contribution is 5.75. The summed E-state index contributed by atoms with van der Waals surface area (Å²) in [6.45, 7) is 3.90. The maximum Gasteiger partial charge on any atom is 0.332 e. The predicted molar refractivity (Wildman–Crippen MR) is 82.3 cm³/mol. The van der Waals surface area contributed by atoms with Crippen LogP contribution < -0.4 is 5.32 Å². The first-order chi connectivity index (χ1) is 10.7. The van der Waals surface area contributed by atoms with Crippen LogP contribution in [0.3, 0.4) is 0 Å². The minimum Gasteiger partial charge on any atom is -0.480 e. The lowest BCUT2D eigenvalue weighted by Crippen LogP contribution is -2.35. The van der Waals surface area contributed by atoms with Gasteiger partial charge in [-0.05, 0) is 31.5 Å². The van der Waals surface area contributed by atoms with E-state index in [1.54, 1.807) is 0 Å². The molecule has 0 aromatic heterocycles. The van der Waals surface area contributed by atoms with E-state index in [1.807, 2.05) is 37.3 Å². The summed E-state index contributed by atoms with van der Waals surface area (Å²) in [4.78, 5) is 25.1. The summed E-state index contributed by atoms with van der Waals surface area (Å²) in [5.41, 5.74) is 0.943. The van der Waals surface area contributed by atoms with Crippen molar-refractivity contribution in [1.29, 1.82) is 0 Å². The van der Waals surface area contributed by atoms with Crippen molar-refractivity contribution in [2.75, 3.05) is 13.1 Å². The lowest BCUT2D eigenvalue weighted by Gasteiger charge is -2.21. The molecule has 0 amide bonds. The average Bonchev–Trinajstić information content (AvgIpc) is 2.53. The number of nitrogens with zero attached hydrogens (tertiary/aromatic N) is 1. The third kappa shape index (κ3) is 6.63. The number of ether oxygens (including phenoxy) is 1. The largest absolute Gasteiger partial charge is 0.480 e. The molecule has 6 heteroatoms. The standard InChI is InChI=1S/C16H22N2O4/c1-2-17-10-6-9-14(15(16(20)21)18-12-19)22-11-13-7-4-3-5-8-13/h3-5,7-8,14-15,17H,2,6,9-11H2,1H3,(H,20,21)/t14-,15?/m0/s1. The van der Waals surface area contributed by atoms with Gasteiger partial charge < -0.3 is 15.2 Å². The van der Waals surface area contributed by atoms with Gasteiger partial charge in [0.2, 0.25) is 6.08 Å².